The first kappa shape index (κ1) is 47.6. The SMILES string of the molecule is CCCc1cn(Cc2ccc(C(F)(F)F)cc2)c2ccc(OCc3ccc4ccccc4c3)cc12.NCCc1cn(Cc2ccc(C(F)(F)F)cc2)c2ccc(OCc3ccc4ccccc4c3)cc12. The van der Waals surface area contributed by atoms with Gasteiger partial charge in [0.05, 0.1) is 11.1 Å². The molecule has 0 atom stereocenters. The molecular weight excluding hydrogens is 897 g/mol. The van der Waals surface area contributed by atoms with Crippen molar-refractivity contribution in [2.24, 2.45) is 5.73 Å². The number of hydrogen-bond donors (Lipinski definition) is 1. The summed E-state index contributed by atoms with van der Waals surface area (Å²) >= 11 is 0. The molecule has 0 saturated heterocycles. The first-order chi connectivity index (χ1) is 33.8. The highest BCUT2D eigenvalue weighted by atomic mass is 19.4. The van der Waals surface area contributed by atoms with Crippen molar-refractivity contribution >= 4 is 43.4 Å². The van der Waals surface area contributed by atoms with Gasteiger partial charge in [0.1, 0.15) is 24.7 Å². The van der Waals surface area contributed by atoms with Crippen molar-refractivity contribution in [2.45, 2.75) is 64.8 Å². The van der Waals surface area contributed by atoms with Crippen LogP contribution >= 0.6 is 0 Å². The second-order valence-corrected chi connectivity index (χ2v) is 17.5. The van der Waals surface area contributed by atoms with Gasteiger partial charge < -0.3 is 24.3 Å². The molecule has 70 heavy (non-hydrogen) atoms. The maximum absolute atomic E-state index is 12.9. The molecule has 356 valence electrons. The van der Waals surface area contributed by atoms with Crippen LogP contribution in [-0.2, 0) is 51.5 Å². The number of rotatable bonds is 14. The number of halogens is 6. The van der Waals surface area contributed by atoms with Gasteiger partial charge in [0.2, 0.25) is 0 Å². The molecule has 0 aliphatic carbocycles. The smallest absolute Gasteiger partial charge is 0.416 e. The lowest BCUT2D eigenvalue weighted by Gasteiger charge is -2.10. The zero-order valence-corrected chi connectivity index (χ0v) is 38.5. The Morgan fingerprint density at radius 2 is 0.843 bits per heavy atom. The van der Waals surface area contributed by atoms with Gasteiger partial charge in [-0.2, -0.15) is 26.3 Å². The number of fused-ring (bicyclic) bond motifs is 4. The molecule has 0 saturated carbocycles. The number of ether oxygens (including phenoxy) is 2. The number of alkyl halides is 6. The molecule has 0 bridgehead atoms. The molecule has 2 heterocycles. The van der Waals surface area contributed by atoms with Gasteiger partial charge in [-0.05, 0) is 147 Å². The van der Waals surface area contributed by atoms with Crippen molar-refractivity contribution in [3.05, 3.63) is 227 Å². The Morgan fingerprint density at radius 1 is 0.443 bits per heavy atom. The van der Waals surface area contributed by atoms with Gasteiger partial charge in [0.25, 0.3) is 0 Å². The van der Waals surface area contributed by atoms with E-state index in [2.05, 4.69) is 89.0 Å². The first-order valence-corrected chi connectivity index (χ1v) is 23.3. The molecule has 0 aliphatic heterocycles. The van der Waals surface area contributed by atoms with E-state index in [9.17, 15) is 26.3 Å². The van der Waals surface area contributed by atoms with Gasteiger partial charge in [-0.15, -0.1) is 0 Å². The summed E-state index contributed by atoms with van der Waals surface area (Å²) < 4.78 is 93.8. The fourth-order valence-electron chi connectivity index (χ4n) is 8.95. The summed E-state index contributed by atoms with van der Waals surface area (Å²) in [4.78, 5) is 0. The Morgan fingerprint density at radius 3 is 1.24 bits per heavy atom. The summed E-state index contributed by atoms with van der Waals surface area (Å²) in [5.74, 6) is 1.56. The Bertz CT molecular complexity index is 3160. The molecular formula is C59H51F6N3O2. The standard InChI is InChI=1S/C30H26F3NO.C29H25F3N2O/c1-2-5-25-19-34(18-21-9-12-26(13-10-21)30(31,32)33)29-15-14-27(17-28(25)29)35-20-22-8-11-23-6-3-4-7-24(23)16-22;30-29(31,32)25-9-6-20(7-10-25)17-34-18-24(13-14-33)27-16-26(11-12-28(27)34)35-19-21-5-8-22-3-1-2-4-23(22)15-21/h3-4,6-17,19H,2,5,18,20H2,1H3;1-12,15-16,18H,13-14,17,19,33H2. The van der Waals surface area contributed by atoms with Crippen LogP contribution in [0.25, 0.3) is 43.4 Å². The molecule has 0 spiro atoms. The quantitative estimate of drug-likeness (QED) is 0.111. The van der Waals surface area contributed by atoms with Gasteiger partial charge >= 0.3 is 12.4 Å². The van der Waals surface area contributed by atoms with Crippen molar-refractivity contribution in [3.8, 4) is 11.5 Å². The van der Waals surface area contributed by atoms with Crippen LogP contribution in [0.1, 0.15) is 57.9 Å². The molecule has 0 amide bonds. The molecule has 0 fully saturated rings. The zero-order valence-electron chi connectivity index (χ0n) is 38.5. The van der Waals surface area contributed by atoms with E-state index in [1.54, 1.807) is 12.1 Å². The van der Waals surface area contributed by atoms with Gasteiger partial charge in [0.15, 0.2) is 0 Å². The Balaban J connectivity index is 0.000000174. The minimum atomic E-state index is -4.34. The predicted molar refractivity (Wildman–Crippen MR) is 268 cm³/mol. The van der Waals surface area contributed by atoms with E-state index < -0.39 is 23.5 Å². The lowest BCUT2D eigenvalue weighted by atomic mass is 10.1. The Kier molecular flexibility index (Phi) is 14.0. The van der Waals surface area contributed by atoms with E-state index in [0.29, 0.717) is 39.3 Å². The van der Waals surface area contributed by atoms with Crippen LogP contribution in [-0.4, -0.2) is 15.7 Å². The lowest BCUT2D eigenvalue weighted by Crippen LogP contribution is -2.05. The third-order valence-corrected chi connectivity index (χ3v) is 12.5. The molecule has 2 aromatic heterocycles. The molecule has 11 heteroatoms. The summed E-state index contributed by atoms with van der Waals surface area (Å²) in [5, 5.41) is 6.92. The average Bonchev–Trinajstić information content (AvgIpc) is 3.87. The van der Waals surface area contributed by atoms with Gasteiger partial charge in [-0.3, -0.25) is 0 Å². The second kappa shape index (κ2) is 20.6. The van der Waals surface area contributed by atoms with Crippen LogP contribution < -0.4 is 15.2 Å². The molecule has 0 aliphatic rings. The summed E-state index contributed by atoms with van der Waals surface area (Å²) in [6.07, 6.45) is -1.90. The third kappa shape index (κ3) is 11.2. The Hall–Kier alpha value is -7.50. The van der Waals surface area contributed by atoms with Crippen LogP contribution in [0.2, 0.25) is 0 Å². The van der Waals surface area contributed by atoms with E-state index >= 15 is 0 Å². The highest BCUT2D eigenvalue weighted by molar-refractivity contribution is 5.87. The molecule has 10 aromatic rings. The minimum absolute atomic E-state index is 0.453. The molecule has 5 nitrogen and oxygen atoms in total. The molecule has 0 radical (unpaired) electrons. The highest BCUT2D eigenvalue weighted by Crippen LogP contribution is 2.33. The molecule has 0 unspecified atom stereocenters. The Labute approximate surface area is 402 Å². The lowest BCUT2D eigenvalue weighted by molar-refractivity contribution is -0.138. The van der Waals surface area contributed by atoms with Gasteiger partial charge in [-0.25, -0.2) is 0 Å². The first-order valence-electron chi connectivity index (χ1n) is 23.3. The van der Waals surface area contributed by atoms with Crippen molar-refractivity contribution in [1.82, 2.24) is 9.13 Å². The largest absolute Gasteiger partial charge is 0.489 e. The number of aromatic nitrogens is 2. The van der Waals surface area contributed by atoms with Gasteiger partial charge in [0, 0.05) is 47.3 Å². The second-order valence-electron chi connectivity index (χ2n) is 17.5. The number of aryl methyl sites for hydroxylation is 1. The summed E-state index contributed by atoms with van der Waals surface area (Å²) in [7, 11) is 0. The molecule has 2 N–H and O–H groups in total. The molecule has 10 rings (SSSR count). The fraction of sp³-hybridized carbons (Fsp3) is 0.186. The van der Waals surface area contributed by atoms with Crippen molar-refractivity contribution in [2.75, 3.05) is 6.54 Å². The number of benzene rings is 8. The van der Waals surface area contributed by atoms with Crippen molar-refractivity contribution < 1.29 is 35.8 Å². The normalized spacial score (nSPS) is 11.9. The number of nitrogens with two attached hydrogens (primary N) is 1. The molecule has 8 aromatic carbocycles. The van der Waals surface area contributed by atoms with Crippen molar-refractivity contribution in [3.63, 3.8) is 0 Å². The van der Waals surface area contributed by atoms with E-state index in [0.717, 1.165) is 98.2 Å². The zero-order chi connectivity index (χ0) is 48.8. The maximum atomic E-state index is 12.9. The van der Waals surface area contributed by atoms with E-state index in [1.807, 2.05) is 60.8 Å². The highest BCUT2D eigenvalue weighted by Gasteiger charge is 2.31. The summed E-state index contributed by atoms with van der Waals surface area (Å²) in [5.41, 5.74) is 12.7. The van der Waals surface area contributed by atoms with E-state index in [-0.39, 0.29) is 0 Å². The van der Waals surface area contributed by atoms with E-state index in [1.165, 1.54) is 39.2 Å². The van der Waals surface area contributed by atoms with E-state index in [4.69, 9.17) is 15.2 Å². The predicted octanol–water partition coefficient (Wildman–Crippen LogP) is 15.3. The van der Waals surface area contributed by atoms with Crippen LogP contribution in [0, 0.1) is 0 Å². The number of hydrogen-bond acceptors (Lipinski definition) is 3. The third-order valence-electron chi connectivity index (χ3n) is 12.5. The van der Waals surface area contributed by atoms with Crippen LogP contribution in [0.4, 0.5) is 26.3 Å². The van der Waals surface area contributed by atoms with Crippen LogP contribution in [0.5, 0.6) is 11.5 Å². The maximum Gasteiger partial charge on any atom is 0.416 e. The van der Waals surface area contributed by atoms with Crippen LogP contribution in [0.15, 0.2) is 182 Å². The van der Waals surface area contributed by atoms with Gasteiger partial charge in [-0.1, -0.05) is 110 Å². The van der Waals surface area contributed by atoms with Crippen molar-refractivity contribution in [1.29, 1.82) is 0 Å². The van der Waals surface area contributed by atoms with Crippen LogP contribution in [0.3, 0.4) is 0 Å². The topological polar surface area (TPSA) is 54.3 Å². The summed E-state index contributed by atoms with van der Waals surface area (Å²) in [6, 6.07) is 51.8. The summed E-state index contributed by atoms with van der Waals surface area (Å²) in [6.45, 7) is 4.55. The minimum Gasteiger partial charge on any atom is -0.489 e. The fourth-order valence-corrected chi connectivity index (χ4v) is 8.95. The number of nitrogens with zero attached hydrogens (tertiary/aromatic N) is 2. The monoisotopic (exact) mass is 947 g/mol. The average molecular weight is 948 g/mol.